The van der Waals surface area contributed by atoms with Crippen molar-refractivity contribution in [3.8, 4) is 0 Å². The molecule has 1 spiro atoms. The lowest BCUT2D eigenvalue weighted by Crippen LogP contribution is -2.48. The summed E-state index contributed by atoms with van der Waals surface area (Å²) in [5.41, 5.74) is -0.0887. The van der Waals surface area contributed by atoms with Gasteiger partial charge >= 0.3 is 0 Å². The number of rotatable bonds is 2. The van der Waals surface area contributed by atoms with Gasteiger partial charge in [0, 0.05) is 32.2 Å². The first-order chi connectivity index (χ1) is 15.3. The van der Waals surface area contributed by atoms with Crippen LogP contribution in [0.3, 0.4) is 0 Å². The van der Waals surface area contributed by atoms with Crippen molar-refractivity contribution in [3.05, 3.63) is 70.0 Å². The molecule has 32 heavy (non-hydrogen) atoms. The Morgan fingerprint density at radius 2 is 1.66 bits per heavy atom. The van der Waals surface area contributed by atoms with E-state index in [9.17, 15) is 22.8 Å². The third kappa shape index (κ3) is 3.46. The van der Waals surface area contributed by atoms with E-state index in [0.29, 0.717) is 51.0 Å². The van der Waals surface area contributed by atoms with Crippen LogP contribution in [0, 0.1) is 22.9 Å². The molecule has 3 saturated heterocycles. The second-order valence-corrected chi connectivity index (χ2v) is 9.15. The summed E-state index contributed by atoms with van der Waals surface area (Å²) in [6, 6.07) is 6.65. The van der Waals surface area contributed by atoms with Crippen molar-refractivity contribution in [2.75, 3.05) is 26.2 Å². The molecule has 3 aliphatic rings. The van der Waals surface area contributed by atoms with Crippen LogP contribution in [0.4, 0.5) is 13.2 Å². The summed E-state index contributed by atoms with van der Waals surface area (Å²) < 4.78 is 41.1. The smallest absolute Gasteiger partial charge is 0.255 e. The van der Waals surface area contributed by atoms with Crippen LogP contribution in [0.15, 0.2) is 36.4 Å². The Hall–Kier alpha value is -2.58. The van der Waals surface area contributed by atoms with E-state index in [4.69, 9.17) is 11.6 Å². The van der Waals surface area contributed by atoms with Gasteiger partial charge in [-0.05, 0) is 55.2 Å². The minimum absolute atomic E-state index is 0.0689. The normalized spacial score (nSPS) is 22.6. The molecule has 2 aromatic carbocycles. The standard InChI is InChI=1S/C23H21ClF3N3O2/c24-19-2-1-15(25)12-18(19)21(31)28-7-4-23(5-8-28)13-29-6-3-20(30(29)22(23)32)14-9-16(26)11-17(27)10-14/h1-2,9-12,20H,3-8,13H2/t20-/m0/s1. The molecule has 2 amide bonds. The number of nitrogens with zero attached hydrogens (tertiary/aromatic N) is 3. The van der Waals surface area contributed by atoms with E-state index in [0.717, 1.165) is 12.1 Å². The van der Waals surface area contributed by atoms with E-state index >= 15 is 0 Å². The fourth-order valence-corrected chi connectivity index (χ4v) is 5.40. The van der Waals surface area contributed by atoms with Crippen molar-refractivity contribution < 1.29 is 22.8 Å². The second kappa shape index (κ2) is 7.78. The number of hydrogen-bond acceptors (Lipinski definition) is 3. The number of hydrazine groups is 1. The Bertz CT molecular complexity index is 1080. The van der Waals surface area contributed by atoms with Gasteiger partial charge in [-0.1, -0.05) is 11.6 Å². The van der Waals surface area contributed by atoms with Crippen molar-refractivity contribution in [1.29, 1.82) is 0 Å². The van der Waals surface area contributed by atoms with E-state index in [1.54, 1.807) is 9.91 Å². The second-order valence-electron chi connectivity index (χ2n) is 8.74. The van der Waals surface area contributed by atoms with Crippen LogP contribution >= 0.6 is 11.6 Å². The van der Waals surface area contributed by atoms with Crippen LogP contribution < -0.4 is 0 Å². The lowest BCUT2D eigenvalue weighted by atomic mass is 9.77. The molecule has 3 fully saturated rings. The van der Waals surface area contributed by atoms with Gasteiger partial charge in [-0.2, -0.15) is 0 Å². The maximum atomic E-state index is 13.8. The van der Waals surface area contributed by atoms with Crippen LogP contribution in [-0.2, 0) is 4.79 Å². The predicted octanol–water partition coefficient (Wildman–Crippen LogP) is 4.18. The maximum absolute atomic E-state index is 13.8. The molecule has 168 valence electrons. The van der Waals surface area contributed by atoms with Crippen LogP contribution in [0.1, 0.15) is 41.2 Å². The van der Waals surface area contributed by atoms with E-state index in [1.165, 1.54) is 24.3 Å². The number of halogens is 4. The van der Waals surface area contributed by atoms with Gasteiger partial charge in [0.1, 0.15) is 17.5 Å². The lowest BCUT2D eigenvalue weighted by molar-refractivity contribution is -0.144. The summed E-state index contributed by atoms with van der Waals surface area (Å²) in [5.74, 6) is -2.29. The van der Waals surface area contributed by atoms with Crippen molar-refractivity contribution in [1.82, 2.24) is 14.9 Å². The van der Waals surface area contributed by atoms with Gasteiger partial charge in [0.05, 0.1) is 22.0 Å². The summed E-state index contributed by atoms with van der Waals surface area (Å²) >= 11 is 6.08. The van der Waals surface area contributed by atoms with Gasteiger partial charge in [0.2, 0.25) is 5.91 Å². The molecule has 2 aromatic rings. The van der Waals surface area contributed by atoms with Gasteiger partial charge in [0.25, 0.3) is 5.91 Å². The van der Waals surface area contributed by atoms with Gasteiger partial charge in [-0.25, -0.2) is 18.2 Å². The Labute approximate surface area is 188 Å². The van der Waals surface area contributed by atoms with Gasteiger partial charge < -0.3 is 4.90 Å². The molecule has 3 aliphatic heterocycles. The molecule has 9 heteroatoms. The number of piperidine rings is 1. The molecule has 3 heterocycles. The van der Waals surface area contributed by atoms with Crippen molar-refractivity contribution in [2.24, 2.45) is 5.41 Å². The Balaban J connectivity index is 1.32. The number of fused-ring (bicyclic) bond motifs is 1. The zero-order valence-corrected chi connectivity index (χ0v) is 17.9. The molecular weight excluding hydrogens is 443 g/mol. The molecule has 5 nitrogen and oxygen atoms in total. The van der Waals surface area contributed by atoms with Crippen molar-refractivity contribution >= 4 is 23.4 Å². The van der Waals surface area contributed by atoms with E-state index in [-0.39, 0.29) is 22.4 Å². The fourth-order valence-electron chi connectivity index (χ4n) is 5.20. The molecular formula is C23H21ClF3N3O2. The molecule has 5 rings (SSSR count). The SMILES string of the molecule is O=C(c1cc(F)ccc1Cl)N1CCC2(CC1)CN1CC[C@@H](c3cc(F)cc(F)c3)N1C2=O. The zero-order chi connectivity index (χ0) is 22.6. The average molecular weight is 464 g/mol. The van der Waals surface area contributed by atoms with E-state index < -0.39 is 28.9 Å². The minimum Gasteiger partial charge on any atom is -0.339 e. The van der Waals surface area contributed by atoms with E-state index in [2.05, 4.69) is 0 Å². The highest BCUT2D eigenvalue weighted by Gasteiger charge is 2.56. The number of benzene rings is 2. The average Bonchev–Trinajstić information content (AvgIpc) is 3.27. The zero-order valence-electron chi connectivity index (χ0n) is 17.2. The number of likely N-dealkylation sites (tertiary alicyclic amines) is 1. The summed E-state index contributed by atoms with van der Waals surface area (Å²) in [4.78, 5) is 27.9. The van der Waals surface area contributed by atoms with Gasteiger partial charge in [0.15, 0.2) is 0 Å². The van der Waals surface area contributed by atoms with Crippen LogP contribution in [0.2, 0.25) is 5.02 Å². The third-order valence-electron chi connectivity index (χ3n) is 6.84. The monoisotopic (exact) mass is 463 g/mol. The number of carbonyl (C=O) groups is 2. The summed E-state index contributed by atoms with van der Waals surface area (Å²) in [7, 11) is 0. The van der Waals surface area contributed by atoms with Crippen LogP contribution in [-0.4, -0.2) is 52.9 Å². The van der Waals surface area contributed by atoms with Gasteiger partial charge in [-0.3, -0.25) is 14.6 Å². The first-order valence-electron chi connectivity index (χ1n) is 10.6. The molecule has 0 aromatic heterocycles. The van der Waals surface area contributed by atoms with Crippen molar-refractivity contribution in [3.63, 3.8) is 0 Å². The topological polar surface area (TPSA) is 43.9 Å². The fraction of sp³-hybridized carbons (Fsp3) is 0.391. The van der Waals surface area contributed by atoms with E-state index in [1.807, 2.05) is 5.01 Å². The van der Waals surface area contributed by atoms with Crippen LogP contribution in [0.25, 0.3) is 0 Å². The first-order valence-corrected chi connectivity index (χ1v) is 10.9. The molecule has 0 bridgehead atoms. The lowest BCUT2D eigenvalue weighted by Gasteiger charge is -2.38. The summed E-state index contributed by atoms with van der Waals surface area (Å²) in [6.07, 6.45) is 1.52. The molecule has 0 aliphatic carbocycles. The number of carbonyl (C=O) groups excluding carboxylic acids is 2. The number of amides is 2. The quantitative estimate of drug-likeness (QED) is 0.671. The van der Waals surface area contributed by atoms with Crippen LogP contribution in [0.5, 0.6) is 0 Å². The largest absolute Gasteiger partial charge is 0.339 e. The highest BCUT2D eigenvalue weighted by Crippen LogP contribution is 2.47. The Kier molecular flexibility index (Phi) is 5.17. The molecule has 1 atom stereocenters. The minimum atomic E-state index is -0.664. The first kappa shape index (κ1) is 21.3. The third-order valence-corrected chi connectivity index (χ3v) is 7.17. The Morgan fingerprint density at radius 1 is 0.969 bits per heavy atom. The molecule has 0 saturated carbocycles. The number of hydrogen-bond donors (Lipinski definition) is 0. The molecule has 0 unspecified atom stereocenters. The maximum Gasteiger partial charge on any atom is 0.255 e. The van der Waals surface area contributed by atoms with Crippen molar-refractivity contribution in [2.45, 2.75) is 25.3 Å². The summed E-state index contributed by atoms with van der Waals surface area (Å²) in [5, 5.41) is 3.79. The molecule has 0 radical (unpaired) electrons. The summed E-state index contributed by atoms with van der Waals surface area (Å²) in [6.45, 7) is 1.83. The molecule has 0 N–H and O–H groups in total. The highest BCUT2D eigenvalue weighted by atomic mass is 35.5. The Morgan fingerprint density at radius 3 is 2.34 bits per heavy atom. The predicted molar refractivity (Wildman–Crippen MR) is 111 cm³/mol. The highest BCUT2D eigenvalue weighted by molar-refractivity contribution is 6.33. The van der Waals surface area contributed by atoms with Gasteiger partial charge in [-0.15, -0.1) is 0 Å².